The molecule has 2 aliphatic rings. The second kappa shape index (κ2) is 5.26. The maximum Gasteiger partial charge on any atom is 0.188 e. The van der Waals surface area contributed by atoms with Gasteiger partial charge in [-0.1, -0.05) is 41.4 Å². The summed E-state index contributed by atoms with van der Waals surface area (Å²) in [5.74, 6) is 0.718. The van der Waals surface area contributed by atoms with E-state index in [4.69, 9.17) is 40.2 Å². The number of thiocarbonyl (C=S) groups is 1. The SMILES string of the molecule is CC12CC(NC(=S)N1c1cccc(Cl)c1)c1cccc(Cl)c1O2. The van der Waals surface area contributed by atoms with Gasteiger partial charge in [-0.05, 0) is 43.4 Å². The Hall–Kier alpha value is -1.49. The molecule has 4 rings (SSSR count). The van der Waals surface area contributed by atoms with Gasteiger partial charge in [0.25, 0.3) is 0 Å². The Bertz CT molecular complexity index is 813. The fourth-order valence-electron chi connectivity index (χ4n) is 3.36. The van der Waals surface area contributed by atoms with Crippen LogP contribution in [0.2, 0.25) is 10.0 Å². The van der Waals surface area contributed by atoms with Crippen molar-refractivity contribution in [3.63, 3.8) is 0 Å². The molecule has 3 nitrogen and oxygen atoms in total. The lowest BCUT2D eigenvalue weighted by Crippen LogP contribution is -2.65. The first-order valence-electron chi connectivity index (χ1n) is 7.32. The molecule has 2 aromatic carbocycles. The lowest BCUT2D eigenvalue weighted by Gasteiger charge is -2.52. The molecule has 0 aromatic heterocycles. The summed E-state index contributed by atoms with van der Waals surface area (Å²) in [5, 5.41) is 5.29. The van der Waals surface area contributed by atoms with Crippen LogP contribution in [0.3, 0.4) is 0 Å². The van der Waals surface area contributed by atoms with Crippen LogP contribution in [0.15, 0.2) is 42.5 Å². The highest BCUT2D eigenvalue weighted by Crippen LogP contribution is 2.48. The van der Waals surface area contributed by atoms with Gasteiger partial charge in [-0.2, -0.15) is 0 Å². The normalized spacial score (nSPS) is 25.4. The van der Waals surface area contributed by atoms with Crippen molar-refractivity contribution in [2.75, 3.05) is 4.90 Å². The molecular weight excluding hydrogens is 351 g/mol. The van der Waals surface area contributed by atoms with Crippen molar-refractivity contribution < 1.29 is 4.74 Å². The Morgan fingerprint density at radius 1 is 1.26 bits per heavy atom. The zero-order valence-corrected chi connectivity index (χ0v) is 14.7. The maximum absolute atomic E-state index is 6.35. The van der Waals surface area contributed by atoms with Crippen LogP contribution in [0.1, 0.15) is 24.9 Å². The summed E-state index contributed by atoms with van der Waals surface area (Å²) in [7, 11) is 0. The maximum atomic E-state index is 6.35. The van der Waals surface area contributed by atoms with Gasteiger partial charge in [-0.15, -0.1) is 0 Å². The van der Waals surface area contributed by atoms with Crippen molar-refractivity contribution >= 4 is 46.2 Å². The van der Waals surface area contributed by atoms with Gasteiger partial charge in [0.1, 0.15) is 5.75 Å². The molecule has 1 fully saturated rings. The van der Waals surface area contributed by atoms with Crippen LogP contribution < -0.4 is 15.0 Å². The molecule has 6 heteroatoms. The molecule has 0 amide bonds. The molecule has 2 aromatic rings. The van der Waals surface area contributed by atoms with Crippen molar-refractivity contribution in [2.24, 2.45) is 0 Å². The van der Waals surface area contributed by atoms with Gasteiger partial charge >= 0.3 is 0 Å². The summed E-state index contributed by atoms with van der Waals surface area (Å²) in [6, 6.07) is 13.5. The minimum atomic E-state index is -0.615. The van der Waals surface area contributed by atoms with Crippen molar-refractivity contribution in [3.05, 3.63) is 58.1 Å². The first-order valence-corrected chi connectivity index (χ1v) is 8.48. The van der Waals surface area contributed by atoms with Gasteiger partial charge in [-0.3, -0.25) is 4.90 Å². The van der Waals surface area contributed by atoms with E-state index in [0.29, 0.717) is 15.2 Å². The lowest BCUT2D eigenvalue weighted by atomic mass is 9.90. The Morgan fingerprint density at radius 3 is 2.83 bits per heavy atom. The van der Waals surface area contributed by atoms with Crippen LogP contribution in [-0.2, 0) is 0 Å². The lowest BCUT2D eigenvalue weighted by molar-refractivity contribution is 0.0499. The van der Waals surface area contributed by atoms with Crippen molar-refractivity contribution in [2.45, 2.75) is 25.1 Å². The minimum Gasteiger partial charge on any atom is -0.466 e. The molecule has 23 heavy (non-hydrogen) atoms. The molecule has 0 aliphatic carbocycles. The topological polar surface area (TPSA) is 24.5 Å². The average Bonchev–Trinajstić information content (AvgIpc) is 2.48. The van der Waals surface area contributed by atoms with Gasteiger partial charge in [0.15, 0.2) is 10.8 Å². The molecule has 2 unspecified atom stereocenters. The second-order valence-electron chi connectivity index (χ2n) is 5.96. The fourth-order valence-corrected chi connectivity index (χ4v) is 4.20. The molecule has 0 radical (unpaired) electrons. The number of anilines is 1. The number of fused-ring (bicyclic) bond motifs is 4. The number of hydrogen-bond acceptors (Lipinski definition) is 2. The predicted octanol–water partition coefficient (Wildman–Crippen LogP) is 4.93. The van der Waals surface area contributed by atoms with E-state index in [-0.39, 0.29) is 6.04 Å². The number of hydrogen-bond donors (Lipinski definition) is 1. The van der Waals surface area contributed by atoms with E-state index in [1.807, 2.05) is 54.3 Å². The smallest absolute Gasteiger partial charge is 0.188 e. The standard InChI is InChI=1S/C17H14Cl2N2OS/c1-17-9-14(12-6-3-7-13(19)15(12)22-17)20-16(23)21(17)11-5-2-4-10(18)8-11/h2-8,14H,9H2,1H3,(H,20,23). The largest absolute Gasteiger partial charge is 0.466 e. The Labute approximate surface area is 150 Å². The number of para-hydroxylation sites is 1. The summed E-state index contributed by atoms with van der Waals surface area (Å²) in [5.41, 5.74) is 1.32. The van der Waals surface area contributed by atoms with Crippen LogP contribution in [0.4, 0.5) is 5.69 Å². The van der Waals surface area contributed by atoms with Gasteiger partial charge in [0.2, 0.25) is 0 Å². The van der Waals surface area contributed by atoms with Crippen LogP contribution in [0.25, 0.3) is 0 Å². The summed E-state index contributed by atoms with van der Waals surface area (Å²) in [6.45, 7) is 2.03. The highest BCUT2D eigenvalue weighted by molar-refractivity contribution is 7.80. The first kappa shape index (κ1) is 15.1. The number of ether oxygens (including phenoxy) is 1. The molecular formula is C17H14Cl2N2OS. The van der Waals surface area contributed by atoms with E-state index >= 15 is 0 Å². The van der Waals surface area contributed by atoms with E-state index in [9.17, 15) is 0 Å². The number of rotatable bonds is 1. The Kier molecular flexibility index (Phi) is 3.45. The monoisotopic (exact) mass is 364 g/mol. The van der Waals surface area contributed by atoms with Crippen molar-refractivity contribution in [1.29, 1.82) is 0 Å². The Balaban J connectivity index is 1.84. The summed E-state index contributed by atoms with van der Waals surface area (Å²) in [4.78, 5) is 1.97. The fraction of sp³-hybridized carbons (Fsp3) is 0.235. The third kappa shape index (κ3) is 2.36. The van der Waals surface area contributed by atoms with Crippen LogP contribution in [0.5, 0.6) is 5.75 Å². The number of halogens is 2. The predicted molar refractivity (Wildman–Crippen MR) is 97.5 cm³/mol. The van der Waals surface area contributed by atoms with Gasteiger partial charge in [-0.25, -0.2) is 0 Å². The molecule has 2 bridgehead atoms. The zero-order chi connectivity index (χ0) is 16.2. The van der Waals surface area contributed by atoms with E-state index in [1.54, 1.807) is 0 Å². The average molecular weight is 365 g/mol. The van der Waals surface area contributed by atoms with Crippen molar-refractivity contribution in [1.82, 2.24) is 5.32 Å². The van der Waals surface area contributed by atoms with E-state index < -0.39 is 5.72 Å². The van der Waals surface area contributed by atoms with Crippen LogP contribution in [-0.4, -0.2) is 10.8 Å². The van der Waals surface area contributed by atoms with Crippen molar-refractivity contribution in [3.8, 4) is 5.75 Å². The zero-order valence-electron chi connectivity index (χ0n) is 12.3. The molecule has 1 saturated heterocycles. The van der Waals surface area contributed by atoms with E-state index in [0.717, 1.165) is 23.4 Å². The third-order valence-electron chi connectivity index (χ3n) is 4.32. The quantitative estimate of drug-likeness (QED) is 0.725. The number of nitrogens with one attached hydrogen (secondary N) is 1. The molecule has 2 atom stereocenters. The molecule has 118 valence electrons. The summed E-state index contributed by atoms with van der Waals surface area (Å²) >= 11 is 18.1. The van der Waals surface area contributed by atoms with E-state index in [2.05, 4.69) is 5.32 Å². The van der Waals surface area contributed by atoms with Crippen LogP contribution in [0, 0.1) is 0 Å². The number of benzene rings is 2. The molecule has 2 heterocycles. The van der Waals surface area contributed by atoms with E-state index in [1.165, 1.54) is 0 Å². The summed E-state index contributed by atoms with van der Waals surface area (Å²) in [6.07, 6.45) is 0.757. The van der Waals surface area contributed by atoms with Gasteiger partial charge < -0.3 is 10.1 Å². The highest BCUT2D eigenvalue weighted by atomic mass is 35.5. The third-order valence-corrected chi connectivity index (χ3v) is 5.15. The van der Waals surface area contributed by atoms with Crippen LogP contribution >= 0.6 is 35.4 Å². The minimum absolute atomic E-state index is 0.0883. The summed E-state index contributed by atoms with van der Waals surface area (Å²) < 4.78 is 6.32. The number of nitrogens with zero attached hydrogens (tertiary/aromatic N) is 1. The highest BCUT2D eigenvalue weighted by Gasteiger charge is 2.48. The second-order valence-corrected chi connectivity index (χ2v) is 7.19. The molecule has 0 saturated carbocycles. The molecule has 0 spiro atoms. The first-order chi connectivity index (χ1) is 11.0. The molecule has 1 N–H and O–H groups in total. The molecule has 2 aliphatic heterocycles. The Morgan fingerprint density at radius 2 is 2.04 bits per heavy atom. The van der Waals surface area contributed by atoms with Gasteiger partial charge in [0, 0.05) is 22.7 Å². The van der Waals surface area contributed by atoms with Gasteiger partial charge in [0.05, 0.1) is 11.1 Å².